The number of piperidine rings is 1. The highest BCUT2D eigenvalue weighted by molar-refractivity contribution is 7.10. The fourth-order valence-corrected chi connectivity index (χ4v) is 4.97. The molecule has 3 nitrogen and oxygen atoms in total. The molecule has 1 fully saturated rings. The predicted molar refractivity (Wildman–Crippen MR) is 92.2 cm³/mol. The third kappa shape index (κ3) is 2.65. The lowest BCUT2D eigenvalue weighted by molar-refractivity contribution is -0.0906. The van der Waals surface area contributed by atoms with Crippen molar-refractivity contribution in [1.82, 2.24) is 4.90 Å². The van der Waals surface area contributed by atoms with Crippen LogP contribution in [0, 0.1) is 5.82 Å². The molecule has 0 radical (unpaired) electrons. The van der Waals surface area contributed by atoms with E-state index >= 15 is 0 Å². The molecule has 1 amide bonds. The fraction of sp³-hybridized carbons (Fsp3) is 0.389. The average Bonchev–Trinajstić information content (AvgIpc) is 3.08. The minimum absolute atomic E-state index is 0.0415. The molecule has 1 spiro atoms. The monoisotopic (exact) mass is 365 g/mol. The molecule has 6 heteroatoms. The number of likely N-dealkylation sites (tertiary alicyclic amines) is 1. The van der Waals surface area contributed by atoms with Crippen molar-refractivity contribution in [2.45, 2.75) is 24.9 Å². The summed E-state index contributed by atoms with van der Waals surface area (Å²) in [7, 11) is 0. The lowest BCUT2D eigenvalue weighted by Gasteiger charge is -2.43. The zero-order valence-electron chi connectivity index (χ0n) is 13.1. The topological polar surface area (TPSA) is 29.5 Å². The Balaban J connectivity index is 1.53. The molecule has 0 aliphatic carbocycles. The van der Waals surface area contributed by atoms with E-state index in [1.807, 2.05) is 0 Å². The number of hydrogen-bond acceptors (Lipinski definition) is 3. The molecule has 0 bridgehead atoms. The Kier molecular flexibility index (Phi) is 4.11. The quantitative estimate of drug-likeness (QED) is 0.756. The Hall–Kier alpha value is -1.43. The van der Waals surface area contributed by atoms with E-state index in [1.165, 1.54) is 28.6 Å². The Morgan fingerprint density at radius 1 is 1.29 bits per heavy atom. The first kappa shape index (κ1) is 16.1. The molecule has 126 valence electrons. The zero-order valence-corrected chi connectivity index (χ0v) is 14.6. The molecule has 1 aromatic carbocycles. The van der Waals surface area contributed by atoms with Gasteiger partial charge in [0.2, 0.25) is 0 Å². The van der Waals surface area contributed by atoms with Gasteiger partial charge in [0.05, 0.1) is 12.2 Å². The van der Waals surface area contributed by atoms with Gasteiger partial charge in [-0.1, -0.05) is 11.6 Å². The average molecular weight is 366 g/mol. The van der Waals surface area contributed by atoms with Crippen LogP contribution in [0.25, 0.3) is 0 Å². The van der Waals surface area contributed by atoms with Gasteiger partial charge in [-0.3, -0.25) is 4.79 Å². The van der Waals surface area contributed by atoms with Crippen molar-refractivity contribution in [2.24, 2.45) is 0 Å². The SMILES string of the molecule is O=C(c1cc(Cl)ccc1F)N1CCC2(CC1)OCCc1ccsc12. The van der Waals surface area contributed by atoms with E-state index < -0.39 is 5.82 Å². The molecule has 3 heterocycles. The number of fused-ring (bicyclic) bond motifs is 2. The van der Waals surface area contributed by atoms with Crippen LogP contribution >= 0.6 is 22.9 Å². The van der Waals surface area contributed by atoms with Crippen LogP contribution in [0.4, 0.5) is 4.39 Å². The van der Waals surface area contributed by atoms with E-state index in [0.29, 0.717) is 18.1 Å². The highest BCUT2D eigenvalue weighted by Gasteiger charge is 2.42. The van der Waals surface area contributed by atoms with Crippen molar-refractivity contribution >= 4 is 28.8 Å². The van der Waals surface area contributed by atoms with Gasteiger partial charge >= 0.3 is 0 Å². The number of amides is 1. The van der Waals surface area contributed by atoms with E-state index in [4.69, 9.17) is 16.3 Å². The van der Waals surface area contributed by atoms with Crippen molar-refractivity contribution in [3.63, 3.8) is 0 Å². The Labute approximate surface area is 149 Å². The van der Waals surface area contributed by atoms with Crippen LogP contribution in [0.15, 0.2) is 29.6 Å². The van der Waals surface area contributed by atoms with E-state index in [-0.39, 0.29) is 17.1 Å². The van der Waals surface area contributed by atoms with Crippen LogP contribution in [0.1, 0.15) is 33.6 Å². The minimum Gasteiger partial charge on any atom is -0.369 e. The number of halogens is 2. The number of nitrogens with zero attached hydrogens (tertiary/aromatic N) is 1. The molecule has 2 aliphatic heterocycles. The number of hydrogen-bond donors (Lipinski definition) is 0. The van der Waals surface area contributed by atoms with Crippen molar-refractivity contribution < 1.29 is 13.9 Å². The Morgan fingerprint density at radius 3 is 2.88 bits per heavy atom. The van der Waals surface area contributed by atoms with E-state index in [9.17, 15) is 9.18 Å². The zero-order chi connectivity index (χ0) is 16.7. The summed E-state index contributed by atoms with van der Waals surface area (Å²) in [5.74, 6) is -0.828. The molecule has 0 unspecified atom stereocenters. The number of carbonyl (C=O) groups excluding carboxylic acids is 1. The third-order valence-electron chi connectivity index (χ3n) is 4.93. The number of carbonyl (C=O) groups is 1. The second kappa shape index (κ2) is 6.14. The van der Waals surface area contributed by atoms with Crippen molar-refractivity contribution in [3.8, 4) is 0 Å². The van der Waals surface area contributed by atoms with Gasteiger partial charge in [-0.25, -0.2) is 4.39 Å². The minimum atomic E-state index is -0.529. The number of ether oxygens (including phenoxy) is 1. The predicted octanol–water partition coefficient (Wildman–Crippen LogP) is 4.24. The van der Waals surface area contributed by atoms with Gasteiger partial charge < -0.3 is 9.64 Å². The second-order valence-electron chi connectivity index (χ2n) is 6.28. The molecule has 2 aromatic rings. The van der Waals surface area contributed by atoms with Crippen molar-refractivity contribution in [3.05, 3.63) is 56.5 Å². The number of benzene rings is 1. The first-order valence-electron chi connectivity index (χ1n) is 8.04. The summed E-state index contributed by atoms with van der Waals surface area (Å²) >= 11 is 7.64. The van der Waals surface area contributed by atoms with Crippen LogP contribution in [0.3, 0.4) is 0 Å². The summed E-state index contributed by atoms with van der Waals surface area (Å²) in [4.78, 5) is 15.6. The number of rotatable bonds is 1. The first-order valence-corrected chi connectivity index (χ1v) is 9.30. The van der Waals surface area contributed by atoms with E-state index in [0.717, 1.165) is 25.9 Å². The summed E-state index contributed by atoms with van der Waals surface area (Å²) in [5.41, 5.74) is 1.14. The summed E-state index contributed by atoms with van der Waals surface area (Å²) < 4.78 is 20.1. The largest absolute Gasteiger partial charge is 0.369 e. The van der Waals surface area contributed by atoms with Gasteiger partial charge in [-0.2, -0.15) is 0 Å². The summed E-state index contributed by atoms with van der Waals surface area (Å²) in [5, 5.41) is 2.48. The summed E-state index contributed by atoms with van der Waals surface area (Å²) in [6, 6.07) is 6.26. The molecule has 1 saturated heterocycles. The molecular formula is C18H17ClFNO2S. The maximum Gasteiger partial charge on any atom is 0.256 e. The van der Waals surface area contributed by atoms with Gasteiger partial charge in [0.25, 0.3) is 5.91 Å². The van der Waals surface area contributed by atoms with Crippen molar-refractivity contribution in [1.29, 1.82) is 0 Å². The lowest BCUT2D eigenvalue weighted by Crippen LogP contribution is -2.48. The number of thiophene rings is 1. The van der Waals surface area contributed by atoms with Crippen LogP contribution in [-0.2, 0) is 16.8 Å². The standard InChI is InChI=1S/C18H17ClFNO2S/c19-13-1-2-15(20)14(11-13)17(22)21-7-5-18(6-8-21)16-12(3-9-23-18)4-10-24-16/h1-2,4,10-11H,3,5-9H2. The lowest BCUT2D eigenvalue weighted by atomic mass is 9.85. The van der Waals surface area contributed by atoms with Gasteiger partial charge in [0, 0.05) is 23.0 Å². The molecule has 2 aliphatic rings. The fourth-order valence-electron chi connectivity index (χ4n) is 3.63. The maximum atomic E-state index is 13.9. The third-order valence-corrected chi connectivity index (χ3v) is 6.30. The first-order chi connectivity index (χ1) is 11.6. The van der Waals surface area contributed by atoms with Crippen LogP contribution in [0.5, 0.6) is 0 Å². The summed E-state index contributed by atoms with van der Waals surface area (Å²) in [6.45, 7) is 1.84. The normalized spacial score (nSPS) is 19.3. The molecular weight excluding hydrogens is 349 g/mol. The second-order valence-corrected chi connectivity index (χ2v) is 7.64. The molecule has 24 heavy (non-hydrogen) atoms. The van der Waals surface area contributed by atoms with Crippen LogP contribution < -0.4 is 0 Å². The molecule has 0 saturated carbocycles. The highest BCUT2D eigenvalue weighted by Crippen LogP contribution is 2.44. The van der Waals surface area contributed by atoms with Crippen LogP contribution in [-0.4, -0.2) is 30.5 Å². The highest BCUT2D eigenvalue weighted by atomic mass is 35.5. The van der Waals surface area contributed by atoms with Crippen molar-refractivity contribution in [2.75, 3.05) is 19.7 Å². The van der Waals surface area contributed by atoms with Gasteiger partial charge in [-0.15, -0.1) is 11.3 Å². The molecule has 0 N–H and O–H groups in total. The van der Waals surface area contributed by atoms with E-state index in [1.54, 1.807) is 16.2 Å². The molecule has 1 aromatic heterocycles. The van der Waals surface area contributed by atoms with Crippen LogP contribution in [0.2, 0.25) is 5.02 Å². The molecule has 4 rings (SSSR count). The maximum absolute atomic E-state index is 13.9. The summed E-state index contributed by atoms with van der Waals surface area (Å²) in [6.07, 6.45) is 2.44. The van der Waals surface area contributed by atoms with Gasteiger partial charge in [-0.05, 0) is 54.5 Å². The van der Waals surface area contributed by atoms with Gasteiger partial charge in [0.15, 0.2) is 0 Å². The smallest absolute Gasteiger partial charge is 0.256 e. The Bertz CT molecular complexity index is 783. The van der Waals surface area contributed by atoms with Gasteiger partial charge in [0.1, 0.15) is 11.4 Å². The van der Waals surface area contributed by atoms with E-state index in [2.05, 4.69) is 11.4 Å². The molecule has 0 atom stereocenters. The Morgan fingerprint density at radius 2 is 2.08 bits per heavy atom.